The number of rotatable bonds is 3. The maximum Gasteiger partial charge on any atom is 0.119 e. The number of likely N-dealkylation sites (N-methyl/N-ethyl adjacent to an activating group) is 1. The second kappa shape index (κ2) is 4.82. The average molecular weight is 259 g/mol. The van der Waals surface area contributed by atoms with Gasteiger partial charge in [-0.25, -0.2) is 0 Å². The van der Waals surface area contributed by atoms with Crippen LogP contribution in [-0.2, 0) is 11.8 Å². The standard InChI is InChI=1S/C17H25NO/c1-4-9-17-10-11-18(2)16(17)8-6-13-5-7-14(19-3)12-15(13)17/h5,7,12,16H,4,6,8-11H2,1-3H3. The van der Waals surface area contributed by atoms with Crippen LogP contribution < -0.4 is 4.74 Å². The fourth-order valence-corrected chi connectivity index (χ4v) is 4.46. The number of likely N-dealkylation sites (tertiary alicyclic amines) is 1. The van der Waals surface area contributed by atoms with E-state index in [9.17, 15) is 0 Å². The summed E-state index contributed by atoms with van der Waals surface area (Å²) in [7, 11) is 4.07. The summed E-state index contributed by atoms with van der Waals surface area (Å²) in [5.41, 5.74) is 3.51. The molecule has 0 bridgehead atoms. The van der Waals surface area contributed by atoms with Crippen LogP contribution in [0.3, 0.4) is 0 Å². The summed E-state index contributed by atoms with van der Waals surface area (Å²) in [6, 6.07) is 7.46. The molecular formula is C17H25NO. The molecule has 0 aromatic heterocycles. The molecule has 2 aliphatic rings. The molecule has 0 amide bonds. The third-order valence-corrected chi connectivity index (χ3v) is 5.32. The molecule has 0 radical (unpaired) electrons. The van der Waals surface area contributed by atoms with E-state index in [4.69, 9.17) is 4.74 Å². The summed E-state index contributed by atoms with van der Waals surface area (Å²) in [5, 5.41) is 0. The van der Waals surface area contributed by atoms with Crippen molar-refractivity contribution in [1.29, 1.82) is 0 Å². The minimum atomic E-state index is 0.381. The highest BCUT2D eigenvalue weighted by atomic mass is 16.5. The lowest BCUT2D eigenvalue weighted by molar-refractivity contribution is 0.205. The van der Waals surface area contributed by atoms with Crippen LogP contribution >= 0.6 is 0 Å². The van der Waals surface area contributed by atoms with Gasteiger partial charge in [0, 0.05) is 11.5 Å². The zero-order valence-corrected chi connectivity index (χ0v) is 12.4. The van der Waals surface area contributed by atoms with Crippen molar-refractivity contribution in [2.75, 3.05) is 20.7 Å². The van der Waals surface area contributed by atoms with Gasteiger partial charge in [-0.1, -0.05) is 19.4 Å². The predicted molar refractivity (Wildman–Crippen MR) is 78.9 cm³/mol. The van der Waals surface area contributed by atoms with Crippen LogP contribution in [0.15, 0.2) is 18.2 Å². The minimum Gasteiger partial charge on any atom is -0.497 e. The van der Waals surface area contributed by atoms with Gasteiger partial charge < -0.3 is 9.64 Å². The van der Waals surface area contributed by atoms with Crippen LogP contribution in [0.2, 0.25) is 0 Å². The maximum absolute atomic E-state index is 5.47. The summed E-state index contributed by atoms with van der Waals surface area (Å²) in [5.74, 6) is 1.02. The van der Waals surface area contributed by atoms with Crippen molar-refractivity contribution in [2.24, 2.45) is 0 Å². The van der Waals surface area contributed by atoms with Crippen molar-refractivity contribution in [3.8, 4) is 5.75 Å². The van der Waals surface area contributed by atoms with Crippen LogP contribution in [0.5, 0.6) is 5.75 Å². The highest BCUT2D eigenvalue weighted by molar-refractivity contribution is 5.45. The molecule has 1 heterocycles. The number of hydrogen-bond donors (Lipinski definition) is 0. The van der Waals surface area contributed by atoms with Gasteiger partial charge in [-0.3, -0.25) is 0 Å². The van der Waals surface area contributed by atoms with Crippen LogP contribution in [0.4, 0.5) is 0 Å². The molecule has 1 aliphatic heterocycles. The molecule has 2 heteroatoms. The maximum atomic E-state index is 5.47. The number of hydrogen-bond acceptors (Lipinski definition) is 2. The summed E-state index contributed by atoms with van der Waals surface area (Å²) >= 11 is 0. The number of nitrogens with zero attached hydrogens (tertiary/aromatic N) is 1. The van der Waals surface area contributed by atoms with Gasteiger partial charge in [0.1, 0.15) is 5.75 Å². The van der Waals surface area contributed by atoms with Crippen LogP contribution in [0.1, 0.15) is 43.7 Å². The molecule has 0 N–H and O–H groups in total. The van der Waals surface area contributed by atoms with Gasteiger partial charge in [-0.15, -0.1) is 0 Å². The van der Waals surface area contributed by atoms with E-state index >= 15 is 0 Å². The van der Waals surface area contributed by atoms with Crippen LogP contribution in [-0.4, -0.2) is 31.6 Å². The molecule has 1 aromatic rings. The number of methoxy groups -OCH3 is 1. The number of benzene rings is 1. The number of ether oxygens (including phenoxy) is 1. The molecule has 1 saturated heterocycles. The topological polar surface area (TPSA) is 12.5 Å². The lowest BCUT2D eigenvalue weighted by Crippen LogP contribution is -2.44. The van der Waals surface area contributed by atoms with Gasteiger partial charge >= 0.3 is 0 Å². The van der Waals surface area contributed by atoms with Crippen LogP contribution in [0, 0.1) is 0 Å². The van der Waals surface area contributed by atoms with Gasteiger partial charge in [0.25, 0.3) is 0 Å². The molecule has 104 valence electrons. The Labute approximate surface area is 116 Å². The van der Waals surface area contributed by atoms with Crippen molar-refractivity contribution in [1.82, 2.24) is 4.90 Å². The monoisotopic (exact) mass is 259 g/mol. The average Bonchev–Trinajstić information content (AvgIpc) is 2.77. The predicted octanol–water partition coefficient (Wildman–Crippen LogP) is 3.38. The molecule has 2 nitrogen and oxygen atoms in total. The van der Waals surface area contributed by atoms with E-state index in [2.05, 4.69) is 37.1 Å². The van der Waals surface area contributed by atoms with Crippen molar-refractivity contribution < 1.29 is 4.74 Å². The Morgan fingerprint density at radius 2 is 2.26 bits per heavy atom. The Balaban J connectivity index is 2.11. The SMILES string of the molecule is CCCC12CCN(C)C1CCc1ccc(OC)cc12. The second-order valence-electron chi connectivity index (χ2n) is 6.21. The van der Waals surface area contributed by atoms with Crippen LogP contribution in [0.25, 0.3) is 0 Å². The molecular weight excluding hydrogens is 234 g/mol. The fourth-order valence-electron chi connectivity index (χ4n) is 4.46. The zero-order valence-electron chi connectivity index (χ0n) is 12.4. The van der Waals surface area contributed by atoms with Crippen molar-refractivity contribution in [2.45, 2.75) is 50.5 Å². The van der Waals surface area contributed by atoms with Gasteiger partial charge in [-0.05, 0) is 62.5 Å². The molecule has 0 saturated carbocycles. The van der Waals surface area contributed by atoms with Gasteiger partial charge in [0.2, 0.25) is 0 Å². The molecule has 1 aliphatic carbocycles. The summed E-state index contributed by atoms with van der Waals surface area (Å²) in [6.07, 6.45) is 6.42. The van der Waals surface area contributed by atoms with Gasteiger partial charge in [-0.2, -0.15) is 0 Å². The van der Waals surface area contributed by atoms with E-state index in [0.29, 0.717) is 5.41 Å². The normalized spacial score (nSPS) is 29.9. The first-order valence-electron chi connectivity index (χ1n) is 7.59. The third-order valence-electron chi connectivity index (χ3n) is 5.32. The van der Waals surface area contributed by atoms with E-state index in [0.717, 1.165) is 11.8 Å². The van der Waals surface area contributed by atoms with E-state index in [-0.39, 0.29) is 0 Å². The third kappa shape index (κ3) is 1.88. The van der Waals surface area contributed by atoms with E-state index in [1.165, 1.54) is 38.6 Å². The molecule has 3 rings (SSSR count). The Hall–Kier alpha value is -1.02. The highest BCUT2D eigenvalue weighted by Crippen LogP contribution is 2.49. The summed E-state index contributed by atoms with van der Waals surface area (Å²) in [6.45, 7) is 3.56. The first-order valence-corrected chi connectivity index (χ1v) is 7.59. The lowest BCUT2D eigenvalue weighted by Gasteiger charge is -2.43. The number of aryl methyl sites for hydroxylation is 1. The Bertz CT molecular complexity index is 466. The fraction of sp³-hybridized carbons (Fsp3) is 0.647. The first-order chi connectivity index (χ1) is 9.21. The number of fused-ring (bicyclic) bond motifs is 3. The molecule has 2 atom stereocenters. The van der Waals surface area contributed by atoms with E-state index in [1.807, 2.05) is 0 Å². The largest absolute Gasteiger partial charge is 0.497 e. The molecule has 0 spiro atoms. The van der Waals surface area contributed by atoms with Crippen molar-refractivity contribution >= 4 is 0 Å². The highest BCUT2D eigenvalue weighted by Gasteiger charge is 2.49. The Kier molecular flexibility index (Phi) is 3.30. The second-order valence-corrected chi connectivity index (χ2v) is 6.21. The lowest BCUT2D eigenvalue weighted by atomic mass is 9.64. The summed E-state index contributed by atoms with van der Waals surface area (Å²) in [4.78, 5) is 2.58. The van der Waals surface area contributed by atoms with E-state index < -0.39 is 0 Å². The van der Waals surface area contributed by atoms with Crippen molar-refractivity contribution in [3.05, 3.63) is 29.3 Å². The summed E-state index contributed by atoms with van der Waals surface area (Å²) < 4.78 is 5.47. The molecule has 1 aromatic carbocycles. The zero-order chi connectivity index (χ0) is 13.5. The quantitative estimate of drug-likeness (QED) is 0.825. The Morgan fingerprint density at radius 3 is 3.00 bits per heavy atom. The molecule has 1 fully saturated rings. The first kappa shape index (κ1) is 13.0. The minimum absolute atomic E-state index is 0.381. The molecule has 2 unspecified atom stereocenters. The Morgan fingerprint density at radius 1 is 1.42 bits per heavy atom. The smallest absolute Gasteiger partial charge is 0.119 e. The van der Waals surface area contributed by atoms with Gasteiger partial charge in [0.05, 0.1) is 7.11 Å². The van der Waals surface area contributed by atoms with E-state index in [1.54, 1.807) is 18.2 Å². The van der Waals surface area contributed by atoms with Gasteiger partial charge in [0.15, 0.2) is 0 Å². The molecule has 19 heavy (non-hydrogen) atoms. The van der Waals surface area contributed by atoms with Crippen molar-refractivity contribution in [3.63, 3.8) is 0 Å².